The number of carbonyl (C=O) groups is 1. The first-order chi connectivity index (χ1) is 6.72. The van der Waals surface area contributed by atoms with Crippen LogP contribution in [0.4, 0.5) is 13.6 Å². The molecule has 1 amide bonds. The van der Waals surface area contributed by atoms with Crippen molar-refractivity contribution >= 4 is 6.09 Å². The lowest BCUT2D eigenvalue weighted by molar-refractivity contribution is 0.0531. The van der Waals surface area contributed by atoms with E-state index in [1.54, 1.807) is 0 Å². The summed E-state index contributed by atoms with van der Waals surface area (Å²) in [6.45, 7) is 6.94. The van der Waals surface area contributed by atoms with E-state index in [0.717, 1.165) is 0 Å². The van der Waals surface area contributed by atoms with Gasteiger partial charge in [0.2, 0.25) is 0 Å². The molecule has 0 aliphatic heterocycles. The molecule has 0 fully saturated rings. The van der Waals surface area contributed by atoms with Gasteiger partial charge in [0.1, 0.15) is 12.2 Å². The Kier molecular flexibility index (Phi) is 9.25. The first-order valence-corrected chi connectivity index (χ1v) is 4.58. The van der Waals surface area contributed by atoms with Crippen molar-refractivity contribution in [2.75, 3.05) is 13.2 Å². The van der Waals surface area contributed by atoms with Crippen LogP contribution in [-0.2, 0) is 4.74 Å². The highest BCUT2D eigenvalue weighted by atomic mass is 19.3. The first kappa shape index (κ1) is 16.5. The molecular weight excluding hydrogens is 208 g/mol. The van der Waals surface area contributed by atoms with Crippen LogP contribution in [0.25, 0.3) is 0 Å². The number of amides is 1. The number of hydrogen-bond acceptors (Lipinski definition) is 3. The third kappa shape index (κ3) is 19.5. The van der Waals surface area contributed by atoms with Gasteiger partial charge in [-0.05, 0) is 27.7 Å². The number of ether oxygens (including phenoxy) is 1. The van der Waals surface area contributed by atoms with Crippen molar-refractivity contribution < 1.29 is 23.4 Å². The lowest BCUT2D eigenvalue weighted by Crippen LogP contribution is -2.32. The summed E-state index contributed by atoms with van der Waals surface area (Å²) in [5.74, 6) is 0. The molecule has 0 atom stereocenters. The number of hydrogen-bond donors (Lipinski definition) is 2. The topological polar surface area (TPSA) is 58.6 Å². The molecule has 0 rings (SSSR count). The monoisotopic (exact) mass is 227 g/mol. The van der Waals surface area contributed by atoms with Crippen LogP contribution in [0.3, 0.4) is 0 Å². The number of aliphatic hydroxyl groups excluding tert-OH is 1. The molecule has 15 heavy (non-hydrogen) atoms. The molecule has 0 bridgehead atoms. The van der Waals surface area contributed by atoms with Crippen LogP contribution in [-0.4, -0.2) is 36.4 Å². The highest BCUT2D eigenvalue weighted by Crippen LogP contribution is 2.05. The number of aliphatic hydroxyl groups is 1. The standard InChI is InChI=1S/C7H15NO2.C2H4F2O/c1-5-8-6(9)10-7(2,3)4;3-2(4)1-5/h5H2,1-4H3,(H,8,9);2,5H,1H2. The number of alkyl carbamates (subject to hydrolysis) is 1. The third-order valence-corrected chi connectivity index (χ3v) is 0.858. The van der Waals surface area contributed by atoms with Crippen LogP contribution < -0.4 is 5.32 Å². The van der Waals surface area contributed by atoms with Crippen molar-refractivity contribution in [2.45, 2.75) is 39.7 Å². The summed E-state index contributed by atoms with van der Waals surface area (Å²) in [6.07, 6.45) is -2.91. The van der Waals surface area contributed by atoms with Crippen LogP contribution in [0, 0.1) is 0 Å². The second kappa shape index (κ2) is 8.40. The molecule has 0 aliphatic carbocycles. The van der Waals surface area contributed by atoms with E-state index in [4.69, 9.17) is 9.84 Å². The zero-order chi connectivity index (χ0) is 12.5. The Labute approximate surface area is 88.6 Å². The maximum atomic E-state index is 10.7. The molecule has 0 aliphatic rings. The van der Waals surface area contributed by atoms with E-state index in [9.17, 15) is 13.6 Å². The van der Waals surface area contributed by atoms with Crippen molar-refractivity contribution in [1.82, 2.24) is 5.32 Å². The van der Waals surface area contributed by atoms with E-state index < -0.39 is 13.0 Å². The first-order valence-electron chi connectivity index (χ1n) is 4.58. The van der Waals surface area contributed by atoms with Gasteiger partial charge < -0.3 is 15.2 Å². The molecule has 92 valence electrons. The number of nitrogens with one attached hydrogen (secondary N) is 1. The number of carbonyl (C=O) groups excluding carboxylic acids is 1. The minimum Gasteiger partial charge on any atom is -0.444 e. The Morgan fingerprint density at radius 3 is 2.07 bits per heavy atom. The zero-order valence-electron chi connectivity index (χ0n) is 9.51. The summed E-state index contributed by atoms with van der Waals surface area (Å²) in [4.78, 5) is 10.7. The van der Waals surface area contributed by atoms with Crippen LogP contribution in [0.15, 0.2) is 0 Å². The smallest absolute Gasteiger partial charge is 0.407 e. The lowest BCUT2D eigenvalue weighted by Gasteiger charge is -2.19. The normalized spacial score (nSPS) is 10.4. The van der Waals surface area contributed by atoms with Crippen molar-refractivity contribution in [3.63, 3.8) is 0 Å². The van der Waals surface area contributed by atoms with Gasteiger partial charge in [-0.3, -0.25) is 0 Å². The molecule has 0 aromatic heterocycles. The van der Waals surface area contributed by atoms with Gasteiger partial charge in [-0.2, -0.15) is 0 Å². The van der Waals surface area contributed by atoms with Gasteiger partial charge in [0.05, 0.1) is 0 Å². The number of rotatable bonds is 2. The number of halogens is 2. The highest BCUT2D eigenvalue weighted by molar-refractivity contribution is 5.67. The quantitative estimate of drug-likeness (QED) is 0.756. The van der Waals surface area contributed by atoms with E-state index in [0.29, 0.717) is 6.54 Å². The van der Waals surface area contributed by atoms with E-state index in [1.165, 1.54) is 0 Å². The summed E-state index contributed by atoms with van der Waals surface area (Å²) in [5.41, 5.74) is -0.390. The second-order valence-electron chi connectivity index (χ2n) is 3.61. The zero-order valence-corrected chi connectivity index (χ0v) is 9.51. The largest absolute Gasteiger partial charge is 0.444 e. The van der Waals surface area contributed by atoms with Gasteiger partial charge >= 0.3 is 6.09 Å². The molecule has 0 aromatic carbocycles. The van der Waals surface area contributed by atoms with E-state index in [-0.39, 0.29) is 11.7 Å². The Balaban J connectivity index is 0. The number of alkyl halides is 2. The predicted octanol–water partition coefficient (Wildman–Crippen LogP) is 1.77. The Bertz CT molecular complexity index is 169. The molecule has 0 heterocycles. The Morgan fingerprint density at radius 2 is 1.87 bits per heavy atom. The summed E-state index contributed by atoms with van der Waals surface area (Å²) >= 11 is 0. The van der Waals surface area contributed by atoms with Gasteiger partial charge in [0, 0.05) is 6.54 Å². The average molecular weight is 227 g/mol. The Hall–Kier alpha value is -0.910. The van der Waals surface area contributed by atoms with Gasteiger partial charge in [-0.1, -0.05) is 0 Å². The van der Waals surface area contributed by atoms with Crippen LogP contribution >= 0.6 is 0 Å². The molecule has 0 unspecified atom stereocenters. The molecule has 0 saturated heterocycles. The van der Waals surface area contributed by atoms with Gasteiger partial charge in [-0.15, -0.1) is 0 Å². The van der Waals surface area contributed by atoms with Gasteiger partial charge in [-0.25, -0.2) is 13.6 Å². The van der Waals surface area contributed by atoms with Crippen molar-refractivity contribution in [1.29, 1.82) is 0 Å². The van der Waals surface area contributed by atoms with E-state index in [2.05, 4.69) is 5.32 Å². The van der Waals surface area contributed by atoms with E-state index >= 15 is 0 Å². The van der Waals surface area contributed by atoms with Crippen molar-refractivity contribution in [3.05, 3.63) is 0 Å². The molecule has 2 N–H and O–H groups in total. The molecule has 0 spiro atoms. The molecule has 0 radical (unpaired) electrons. The van der Waals surface area contributed by atoms with Crippen molar-refractivity contribution in [2.24, 2.45) is 0 Å². The summed E-state index contributed by atoms with van der Waals surface area (Å²) < 4.78 is 26.0. The van der Waals surface area contributed by atoms with E-state index in [1.807, 2.05) is 27.7 Å². The molecule has 0 saturated carbocycles. The second-order valence-corrected chi connectivity index (χ2v) is 3.61. The molecule has 6 heteroatoms. The summed E-state index contributed by atoms with van der Waals surface area (Å²) in [6, 6.07) is 0. The third-order valence-electron chi connectivity index (χ3n) is 0.858. The van der Waals surface area contributed by atoms with Crippen LogP contribution in [0.2, 0.25) is 0 Å². The molecular formula is C9H19F2NO3. The minimum absolute atomic E-state index is 0.352. The van der Waals surface area contributed by atoms with Gasteiger partial charge in [0.15, 0.2) is 0 Å². The highest BCUT2D eigenvalue weighted by Gasteiger charge is 2.14. The Morgan fingerprint density at radius 1 is 1.47 bits per heavy atom. The van der Waals surface area contributed by atoms with Crippen LogP contribution in [0.5, 0.6) is 0 Å². The average Bonchev–Trinajstić information content (AvgIpc) is 2.02. The summed E-state index contributed by atoms with van der Waals surface area (Å²) in [7, 11) is 0. The fourth-order valence-corrected chi connectivity index (χ4v) is 0.459. The fourth-order valence-electron chi connectivity index (χ4n) is 0.459. The van der Waals surface area contributed by atoms with Crippen molar-refractivity contribution in [3.8, 4) is 0 Å². The molecule has 0 aromatic rings. The lowest BCUT2D eigenvalue weighted by atomic mass is 10.2. The fraction of sp³-hybridized carbons (Fsp3) is 0.889. The van der Waals surface area contributed by atoms with Crippen LogP contribution in [0.1, 0.15) is 27.7 Å². The minimum atomic E-state index is -2.56. The maximum Gasteiger partial charge on any atom is 0.407 e. The SMILES string of the molecule is CCNC(=O)OC(C)(C)C.OCC(F)F. The predicted molar refractivity (Wildman–Crippen MR) is 53.0 cm³/mol. The molecule has 4 nitrogen and oxygen atoms in total. The van der Waals surface area contributed by atoms with Gasteiger partial charge in [0.25, 0.3) is 6.43 Å². The summed E-state index contributed by atoms with van der Waals surface area (Å²) in [5, 5.41) is 9.93. The maximum absolute atomic E-state index is 10.7.